The second kappa shape index (κ2) is 5.91. The van der Waals surface area contributed by atoms with Crippen LogP contribution in [0.1, 0.15) is 32.6 Å². The Labute approximate surface area is 121 Å². The Balaban J connectivity index is 2.18. The van der Waals surface area contributed by atoms with Gasteiger partial charge in [0.15, 0.2) is 0 Å². The SMILES string of the molecule is Cc1cc(C)cc(C(=O)N(C)Cc2ccccc2C)c1. The largest absolute Gasteiger partial charge is 0.337 e. The Bertz CT molecular complexity index is 611. The normalized spacial score (nSPS) is 10.4. The molecule has 2 heteroatoms. The number of carbonyl (C=O) groups is 1. The van der Waals surface area contributed by atoms with Gasteiger partial charge >= 0.3 is 0 Å². The standard InChI is InChI=1S/C18H21NO/c1-13-9-14(2)11-17(10-13)18(20)19(4)12-16-8-6-5-7-15(16)3/h5-11H,12H2,1-4H3. The van der Waals surface area contributed by atoms with Crippen molar-refractivity contribution in [1.82, 2.24) is 4.90 Å². The third-order valence-electron chi connectivity index (χ3n) is 3.48. The molecule has 0 saturated carbocycles. The highest BCUT2D eigenvalue weighted by atomic mass is 16.2. The highest BCUT2D eigenvalue weighted by Crippen LogP contribution is 2.14. The molecule has 0 spiro atoms. The highest BCUT2D eigenvalue weighted by Gasteiger charge is 2.13. The summed E-state index contributed by atoms with van der Waals surface area (Å²) < 4.78 is 0. The van der Waals surface area contributed by atoms with Crippen LogP contribution in [-0.4, -0.2) is 17.9 Å². The first kappa shape index (κ1) is 14.3. The van der Waals surface area contributed by atoms with Crippen molar-refractivity contribution in [3.63, 3.8) is 0 Å². The predicted octanol–water partition coefficient (Wildman–Crippen LogP) is 3.88. The number of amides is 1. The van der Waals surface area contributed by atoms with Gasteiger partial charge in [-0.2, -0.15) is 0 Å². The van der Waals surface area contributed by atoms with Crippen LogP contribution in [0, 0.1) is 20.8 Å². The second-order valence-electron chi connectivity index (χ2n) is 5.46. The molecule has 2 aromatic rings. The Morgan fingerprint density at radius 3 is 2.20 bits per heavy atom. The number of carbonyl (C=O) groups excluding carboxylic acids is 1. The van der Waals surface area contributed by atoms with Gasteiger partial charge in [0.05, 0.1) is 0 Å². The lowest BCUT2D eigenvalue weighted by molar-refractivity contribution is 0.0784. The lowest BCUT2D eigenvalue weighted by Crippen LogP contribution is -2.26. The van der Waals surface area contributed by atoms with Gasteiger partial charge in [0.1, 0.15) is 0 Å². The maximum Gasteiger partial charge on any atom is 0.253 e. The van der Waals surface area contributed by atoms with Gasteiger partial charge in [0, 0.05) is 19.2 Å². The smallest absolute Gasteiger partial charge is 0.253 e. The molecule has 0 fully saturated rings. The van der Waals surface area contributed by atoms with Crippen LogP contribution in [0.3, 0.4) is 0 Å². The molecule has 2 aromatic carbocycles. The zero-order valence-electron chi connectivity index (χ0n) is 12.6. The van der Waals surface area contributed by atoms with E-state index in [0.717, 1.165) is 16.7 Å². The van der Waals surface area contributed by atoms with Gasteiger partial charge in [-0.3, -0.25) is 4.79 Å². The maximum atomic E-state index is 12.5. The number of aryl methyl sites for hydroxylation is 3. The molecule has 0 aliphatic heterocycles. The summed E-state index contributed by atoms with van der Waals surface area (Å²) in [7, 11) is 1.85. The molecule has 0 aliphatic carbocycles. The van der Waals surface area contributed by atoms with E-state index < -0.39 is 0 Å². The van der Waals surface area contributed by atoms with Crippen LogP contribution >= 0.6 is 0 Å². The second-order valence-corrected chi connectivity index (χ2v) is 5.46. The predicted molar refractivity (Wildman–Crippen MR) is 82.9 cm³/mol. The molecule has 2 rings (SSSR count). The zero-order valence-corrected chi connectivity index (χ0v) is 12.6. The van der Waals surface area contributed by atoms with Crippen molar-refractivity contribution in [3.8, 4) is 0 Å². The minimum absolute atomic E-state index is 0.0695. The highest BCUT2D eigenvalue weighted by molar-refractivity contribution is 5.94. The molecular weight excluding hydrogens is 246 g/mol. The van der Waals surface area contributed by atoms with Gasteiger partial charge in [-0.1, -0.05) is 41.5 Å². The van der Waals surface area contributed by atoms with E-state index in [2.05, 4.69) is 25.1 Å². The number of nitrogens with zero attached hydrogens (tertiary/aromatic N) is 1. The molecule has 0 heterocycles. The van der Waals surface area contributed by atoms with Crippen LogP contribution in [0.4, 0.5) is 0 Å². The van der Waals surface area contributed by atoms with Crippen molar-refractivity contribution in [2.24, 2.45) is 0 Å². The van der Waals surface area contributed by atoms with Crippen LogP contribution in [0.2, 0.25) is 0 Å². The number of rotatable bonds is 3. The Morgan fingerprint density at radius 2 is 1.60 bits per heavy atom. The quantitative estimate of drug-likeness (QED) is 0.826. The lowest BCUT2D eigenvalue weighted by Gasteiger charge is -2.19. The van der Waals surface area contributed by atoms with Crippen LogP contribution in [0.15, 0.2) is 42.5 Å². The minimum Gasteiger partial charge on any atom is -0.337 e. The third kappa shape index (κ3) is 3.27. The molecule has 104 valence electrons. The molecule has 20 heavy (non-hydrogen) atoms. The zero-order chi connectivity index (χ0) is 14.7. The van der Waals surface area contributed by atoms with E-state index in [1.165, 1.54) is 11.1 Å². The first-order chi connectivity index (χ1) is 9.47. The van der Waals surface area contributed by atoms with Gasteiger partial charge in [-0.25, -0.2) is 0 Å². The van der Waals surface area contributed by atoms with Gasteiger partial charge in [-0.05, 0) is 44.0 Å². The van der Waals surface area contributed by atoms with E-state index in [4.69, 9.17) is 0 Å². The van der Waals surface area contributed by atoms with Crippen molar-refractivity contribution in [3.05, 3.63) is 70.3 Å². The Kier molecular flexibility index (Phi) is 4.23. The van der Waals surface area contributed by atoms with Crippen molar-refractivity contribution >= 4 is 5.91 Å². The summed E-state index contributed by atoms with van der Waals surface area (Å²) in [4.78, 5) is 14.3. The topological polar surface area (TPSA) is 20.3 Å². The Hall–Kier alpha value is -2.09. The molecule has 0 bridgehead atoms. The van der Waals surface area contributed by atoms with Crippen molar-refractivity contribution in [2.45, 2.75) is 27.3 Å². The molecule has 0 saturated heterocycles. The molecule has 0 atom stereocenters. The van der Waals surface area contributed by atoms with Crippen molar-refractivity contribution in [1.29, 1.82) is 0 Å². The Morgan fingerprint density at radius 1 is 1.00 bits per heavy atom. The molecule has 0 radical (unpaired) electrons. The molecule has 0 N–H and O–H groups in total. The molecule has 2 nitrogen and oxygen atoms in total. The minimum atomic E-state index is 0.0695. The number of hydrogen-bond acceptors (Lipinski definition) is 1. The summed E-state index contributed by atoms with van der Waals surface area (Å²) >= 11 is 0. The first-order valence-electron chi connectivity index (χ1n) is 6.85. The first-order valence-corrected chi connectivity index (χ1v) is 6.85. The summed E-state index contributed by atoms with van der Waals surface area (Å²) in [6, 6.07) is 14.2. The van der Waals surface area contributed by atoms with E-state index in [1.807, 2.05) is 45.2 Å². The maximum absolute atomic E-state index is 12.5. The fourth-order valence-electron chi connectivity index (χ4n) is 2.43. The van der Waals surface area contributed by atoms with E-state index in [9.17, 15) is 4.79 Å². The summed E-state index contributed by atoms with van der Waals surface area (Å²) in [5.41, 5.74) is 5.41. The van der Waals surface area contributed by atoms with Crippen LogP contribution < -0.4 is 0 Å². The molecule has 0 aromatic heterocycles. The third-order valence-corrected chi connectivity index (χ3v) is 3.48. The lowest BCUT2D eigenvalue weighted by atomic mass is 10.1. The van der Waals surface area contributed by atoms with Crippen molar-refractivity contribution < 1.29 is 4.79 Å². The fraction of sp³-hybridized carbons (Fsp3) is 0.278. The fourth-order valence-corrected chi connectivity index (χ4v) is 2.43. The van der Waals surface area contributed by atoms with E-state index in [0.29, 0.717) is 6.54 Å². The van der Waals surface area contributed by atoms with Gasteiger partial charge in [-0.15, -0.1) is 0 Å². The average Bonchev–Trinajstić information content (AvgIpc) is 2.39. The van der Waals surface area contributed by atoms with Gasteiger partial charge in [0.2, 0.25) is 0 Å². The van der Waals surface area contributed by atoms with Gasteiger partial charge < -0.3 is 4.90 Å². The summed E-state index contributed by atoms with van der Waals surface area (Å²) in [5.74, 6) is 0.0695. The summed E-state index contributed by atoms with van der Waals surface area (Å²) in [6.45, 7) is 6.75. The van der Waals surface area contributed by atoms with Crippen LogP contribution in [0.5, 0.6) is 0 Å². The average molecular weight is 267 g/mol. The summed E-state index contributed by atoms with van der Waals surface area (Å²) in [6.07, 6.45) is 0. The van der Waals surface area contributed by atoms with Crippen LogP contribution in [-0.2, 0) is 6.54 Å². The molecular formula is C18H21NO. The van der Waals surface area contributed by atoms with Gasteiger partial charge in [0.25, 0.3) is 5.91 Å². The molecule has 0 aliphatic rings. The van der Waals surface area contributed by atoms with E-state index in [1.54, 1.807) is 4.90 Å². The number of benzene rings is 2. The number of hydrogen-bond donors (Lipinski definition) is 0. The van der Waals surface area contributed by atoms with E-state index >= 15 is 0 Å². The summed E-state index contributed by atoms with van der Waals surface area (Å²) in [5, 5.41) is 0. The van der Waals surface area contributed by atoms with Crippen LogP contribution in [0.25, 0.3) is 0 Å². The molecule has 0 unspecified atom stereocenters. The van der Waals surface area contributed by atoms with E-state index in [-0.39, 0.29) is 5.91 Å². The monoisotopic (exact) mass is 267 g/mol. The molecule has 1 amide bonds. The van der Waals surface area contributed by atoms with Crippen molar-refractivity contribution in [2.75, 3.05) is 7.05 Å².